The van der Waals surface area contributed by atoms with Crippen LogP contribution in [-0.2, 0) is 4.79 Å². The Morgan fingerprint density at radius 3 is 2.73 bits per heavy atom. The van der Waals surface area contributed by atoms with Crippen molar-refractivity contribution in [2.75, 3.05) is 6.54 Å². The molecule has 6 heteroatoms. The fraction of sp³-hybridized carbons (Fsp3) is 0.688. The highest BCUT2D eigenvalue weighted by atomic mass is 19.3. The Labute approximate surface area is 128 Å². The van der Waals surface area contributed by atoms with Gasteiger partial charge in [0.2, 0.25) is 11.8 Å². The lowest BCUT2D eigenvalue weighted by atomic mass is 9.85. The number of likely N-dealkylation sites (tertiary alicyclic amines) is 1. The smallest absolute Gasteiger partial charge is 0.248 e. The van der Waals surface area contributed by atoms with Crippen molar-refractivity contribution < 1.29 is 13.6 Å². The Bertz CT molecular complexity index is 554. The molecule has 0 N–H and O–H groups in total. The van der Waals surface area contributed by atoms with Crippen LogP contribution in [0.5, 0.6) is 0 Å². The van der Waals surface area contributed by atoms with Crippen LogP contribution < -0.4 is 0 Å². The van der Waals surface area contributed by atoms with Crippen molar-refractivity contribution in [2.45, 2.75) is 57.4 Å². The number of carbonyl (C=O) groups is 1. The molecule has 2 heterocycles. The van der Waals surface area contributed by atoms with E-state index in [0.717, 1.165) is 18.5 Å². The van der Waals surface area contributed by atoms with Crippen molar-refractivity contribution in [2.24, 2.45) is 5.92 Å². The average Bonchev–Trinajstić information content (AvgIpc) is 2.96. The van der Waals surface area contributed by atoms with Crippen LogP contribution in [0.4, 0.5) is 8.78 Å². The summed E-state index contributed by atoms with van der Waals surface area (Å²) in [6.45, 7) is 2.52. The van der Waals surface area contributed by atoms with Gasteiger partial charge in [0.25, 0.3) is 0 Å². The van der Waals surface area contributed by atoms with Crippen LogP contribution in [0.2, 0.25) is 0 Å². The molecular formula is C16H21F2N3O. The maximum atomic E-state index is 13.3. The number of hydrogen-bond acceptors (Lipinski definition) is 3. The third-order valence-electron chi connectivity index (χ3n) is 4.74. The van der Waals surface area contributed by atoms with Gasteiger partial charge in [0.1, 0.15) is 5.82 Å². The first-order chi connectivity index (χ1) is 10.5. The van der Waals surface area contributed by atoms with E-state index >= 15 is 0 Å². The van der Waals surface area contributed by atoms with E-state index in [4.69, 9.17) is 0 Å². The second-order valence-electron chi connectivity index (χ2n) is 6.35. The van der Waals surface area contributed by atoms with Crippen molar-refractivity contribution in [3.63, 3.8) is 0 Å². The van der Waals surface area contributed by atoms with Gasteiger partial charge in [-0.05, 0) is 38.7 Å². The first-order valence-corrected chi connectivity index (χ1v) is 7.94. The summed E-state index contributed by atoms with van der Waals surface area (Å²) in [7, 11) is 0. The molecule has 1 aliphatic carbocycles. The van der Waals surface area contributed by atoms with Gasteiger partial charge in [0.15, 0.2) is 0 Å². The molecular weight excluding hydrogens is 288 g/mol. The van der Waals surface area contributed by atoms with Crippen LogP contribution in [0.15, 0.2) is 12.3 Å². The predicted octanol–water partition coefficient (Wildman–Crippen LogP) is 3.27. The number of hydrogen-bond donors (Lipinski definition) is 0. The number of alkyl halides is 2. The Kier molecular flexibility index (Phi) is 4.10. The summed E-state index contributed by atoms with van der Waals surface area (Å²) in [5.41, 5.74) is 0.861. The van der Waals surface area contributed by atoms with Crippen LogP contribution in [0, 0.1) is 12.8 Å². The second kappa shape index (κ2) is 5.89. The Hall–Kier alpha value is -1.59. The van der Waals surface area contributed by atoms with Crippen molar-refractivity contribution in [3.8, 4) is 0 Å². The first kappa shape index (κ1) is 15.3. The summed E-state index contributed by atoms with van der Waals surface area (Å²) in [4.78, 5) is 23.1. The minimum atomic E-state index is -2.59. The SMILES string of the molecule is Cc1nccc([C@H]2CCCN2C(=O)C2CCC(F)(F)CC2)n1. The van der Waals surface area contributed by atoms with Crippen LogP contribution >= 0.6 is 0 Å². The standard InChI is InChI=1S/C16H21F2N3O/c1-11-19-9-6-13(20-11)14-3-2-10-21(14)15(22)12-4-7-16(17,18)8-5-12/h6,9,12,14H,2-5,7-8,10H2,1H3/t14-/m1/s1. The van der Waals surface area contributed by atoms with E-state index in [9.17, 15) is 13.6 Å². The van der Waals surface area contributed by atoms with Gasteiger partial charge in [-0.25, -0.2) is 18.7 Å². The highest BCUT2D eigenvalue weighted by molar-refractivity contribution is 5.79. The van der Waals surface area contributed by atoms with Crippen molar-refractivity contribution in [1.82, 2.24) is 14.9 Å². The third-order valence-corrected chi connectivity index (χ3v) is 4.74. The number of aryl methyl sites for hydroxylation is 1. The molecule has 1 amide bonds. The molecule has 0 radical (unpaired) electrons. The molecule has 22 heavy (non-hydrogen) atoms. The van der Waals surface area contributed by atoms with E-state index in [2.05, 4.69) is 9.97 Å². The number of rotatable bonds is 2. The quantitative estimate of drug-likeness (QED) is 0.842. The summed E-state index contributed by atoms with van der Waals surface area (Å²) >= 11 is 0. The monoisotopic (exact) mass is 309 g/mol. The molecule has 3 rings (SSSR count). The molecule has 0 spiro atoms. The molecule has 1 saturated heterocycles. The third kappa shape index (κ3) is 3.10. The molecule has 0 bridgehead atoms. The van der Waals surface area contributed by atoms with E-state index < -0.39 is 5.92 Å². The summed E-state index contributed by atoms with van der Waals surface area (Å²) in [6.07, 6.45) is 3.76. The molecule has 4 nitrogen and oxygen atoms in total. The van der Waals surface area contributed by atoms with Gasteiger partial charge in [-0.15, -0.1) is 0 Å². The molecule has 120 valence electrons. The lowest BCUT2D eigenvalue weighted by Crippen LogP contribution is -2.39. The molecule has 1 aromatic rings. The molecule has 2 aliphatic rings. The van der Waals surface area contributed by atoms with Gasteiger partial charge >= 0.3 is 0 Å². The van der Waals surface area contributed by atoms with E-state index in [1.54, 1.807) is 6.20 Å². The summed E-state index contributed by atoms with van der Waals surface area (Å²) in [5, 5.41) is 0. The topological polar surface area (TPSA) is 46.1 Å². The number of carbonyl (C=O) groups excluding carboxylic acids is 1. The molecule has 1 aromatic heterocycles. The van der Waals surface area contributed by atoms with Crippen LogP contribution in [0.25, 0.3) is 0 Å². The van der Waals surface area contributed by atoms with Crippen molar-refractivity contribution in [1.29, 1.82) is 0 Å². The highest BCUT2D eigenvalue weighted by Crippen LogP contribution is 2.39. The zero-order chi connectivity index (χ0) is 15.7. The number of halogens is 2. The van der Waals surface area contributed by atoms with E-state index in [0.29, 0.717) is 12.4 Å². The fourth-order valence-corrected chi connectivity index (χ4v) is 3.52. The van der Waals surface area contributed by atoms with Crippen LogP contribution in [0.1, 0.15) is 56.1 Å². The predicted molar refractivity (Wildman–Crippen MR) is 77.4 cm³/mol. The van der Waals surface area contributed by atoms with Gasteiger partial charge in [0.05, 0.1) is 11.7 Å². The normalized spacial score (nSPS) is 25.4. The Morgan fingerprint density at radius 2 is 2.05 bits per heavy atom. The lowest BCUT2D eigenvalue weighted by molar-refractivity contribution is -0.140. The van der Waals surface area contributed by atoms with Crippen LogP contribution in [-0.4, -0.2) is 33.2 Å². The highest BCUT2D eigenvalue weighted by Gasteiger charge is 2.41. The Balaban J connectivity index is 1.72. The van der Waals surface area contributed by atoms with Gasteiger partial charge in [0, 0.05) is 31.5 Å². The zero-order valence-corrected chi connectivity index (χ0v) is 12.8. The van der Waals surface area contributed by atoms with Gasteiger partial charge < -0.3 is 4.90 Å². The second-order valence-corrected chi connectivity index (χ2v) is 6.35. The summed E-state index contributed by atoms with van der Waals surface area (Å²) < 4.78 is 26.5. The maximum Gasteiger partial charge on any atom is 0.248 e. The van der Waals surface area contributed by atoms with Gasteiger partial charge in [-0.1, -0.05) is 0 Å². The number of amides is 1. The number of aromatic nitrogens is 2. The summed E-state index contributed by atoms with van der Waals surface area (Å²) in [6, 6.07) is 1.81. The minimum Gasteiger partial charge on any atom is -0.334 e. The molecule has 1 aliphatic heterocycles. The van der Waals surface area contributed by atoms with E-state index in [1.165, 1.54) is 0 Å². The largest absolute Gasteiger partial charge is 0.334 e. The summed E-state index contributed by atoms with van der Waals surface area (Å²) in [5.74, 6) is -2.14. The van der Waals surface area contributed by atoms with E-state index in [-0.39, 0.29) is 43.6 Å². The number of nitrogens with zero attached hydrogens (tertiary/aromatic N) is 3. The van der Waals surface area contributed by atoms with Gasteiger partial charge in [-0.3, -0.25) is 4.79 Å². The maximum absolute atomic E-state index is 13.3. The molecule has 0 unspecified atom stereocenters. The van der Waals surface area contributed by atoms with Crippen LogP contribution in [0.3, 0.4) is 0 Å². The Morgan fingerprint density at radius 1 is 1.32 bits per heavy atom. The fourth-order valence-electron chi connectivity index (χ4n) is 3.52. The molecule has 1 atom stereocenters. The van der Waals surface area contributed by atoms with Crippen molar-refractivity contribution in [3.05, 3.63) is 23.8 Å². The molecule has 0 aromatic carbocycles. The molecule has 1 saturated carbocycles. The molecule has 2 fully saturated rings. The average molecular weight is 309 g/mol. The zero-order valence-electron chi connectivity index (χ0n) is 12.8. The van der Waals surface area contributed by atoms with E-state index in [1.807, 2.05) is 17.9 Å². The first-order valence-electron chi connectivity index (χ1n) is 7.94. The lowest BCUT2D eigenvalue weighted by Gasteiger charge is -2.32. The van der Waals surface area contributed by atoms with Crippen molar-refractivity contribution >= 4 is 5.91 Å². The van der Waals surface area contributed by atoms with Gasteiger partial charge in [-0.2, -0.15) is 0 Å². The minimum absolute atomic E-state index is 0.0225.